The molecule has 3 atom stereocenters. The Balaban J connectivity index is 3.50. The number of hydrogen-bond acceptors (Lipinski definition) is 0. The van der Waals surface area contributed by atoms with Crippen LogP contribution in [-0.4, -0.2) is 12.3 Å². The van der Waals surface area contributed by atoms with Crippen molar-refractivity contribution >= 4 is 0 Å². The van der Waals surface area contributed by atoms with Crippen molar-refractivity contribution in [2.45, 2.75) is 46.0 Å². The molecule has 62 valence electrons. The molecule has 0 aliphatic rings. The first-order chi connectivity index (χ1) is 4.57. The van der Waals surface area contributed by atoms with Gasteiger partial charge in [0.05, 0.1) is 6.17 Å². The molecule has 0 bridgehead atoms. The van der Waals surface area contributed by atoms with Gasteiger partial charge in [-0.3, -0.25) is 0 Å². The van der Waals surface area contributed by atoms with Crippen LogP contribution in [0.15, 0.2) is 0 Å². The highest BCUT2D eigenvalue weighted by molar-refractivity contribution is 4.65. The molecule has 0 rings (SSSR count). The van der Waals surface area contributed by atoms with Crippen molar-refractivity contribution in [1.29, 1.82) is 0 Å². The van der Waals surface area contributed by atoms with E-state index in [2.05, 4.69) is 0 Å². The van der Waals surface area contributed by atoms with Crippen LogP contribution in [0.2, 0.25) is 0 Å². The summed E-state index contributed by atoms with van der Waals surface area (Å²) in [5.74, 6) is -0.134. The van der Waals surface area contributed by atoms with Crippen molar-refractivity contribution in [3.8, 4) is 0 Å². The lowest BCUT2D eigenvalue weighted by molar-refractivity contribution is 0.186. The van der Waals surface area contributed by atoms with Crippen LogP contribution in [0.4, 0.5) is 8.78 Å². The van der Waals surface area contributed by atoms with Crippen molar-refractivity contribution in [1.82, 2.24) is 0 Å². The molecule has 0 aliphatic heterocycles. The van der Waals surface area contributed by atoms with Gasteiger partial charge in [-0.2, -0.15) is 0 Å². The van der Waals surface area contributed by atoms with Gasteiger partial charge in [0.25, 0.3) is 0 Å². The highest BCUT2D eigenvalue weighted by atomic mass is 19.1. The number of alkyl halides is 2. The van der Waals surface area contributed by atoms with E-state index >= 15 is 0 Å². The number of rotatable bonds is 4. The van der Waals surface area contributed by atoms with Gasteiger partial charge in [0.2, 0.25) is 0 Å². The fraction of sp³-hybridized carbons (Fsp3) is 1.00. The van der Waals surface area contributed by atoms with Crippen LogP contribution < -0.4 is 0 Å². The summed E-state index contributed by atoms with van der Waals surface area (Å²) in [5, 5.41) is 0. The maximum atomic E-state index is 12.7. The summed E-state index contributed by atoms with van der Waals surface area (Å²) < 4.78 is 25.0. The Kier molecular flexibility index (Phi) is 4.58. The minimum absolute atomic E-state index is 0.134. The minimum Gasteiger partial charge on any atom is -0.248 e. The van der Waals surface area contributed by atoms with Gasteiger partial charge in [0.1, 0.15) is 6.17 Å². The normalized spacial score (nSPS) is 20.1. The molecule has 0 radical (unpaired) electrons. The Hall–Kier alpha value is -0.140. The average Bonchev–Trinajstić information content (AvgIpc) is 1.85. The second-order valence-corrected chi connectivity index (χ2v) is 2.92. The molecule has 0 N–H and O–H groups in total. The third-order valence-corrected chi connectivity index (χ3v) is 1.70. The highest BCUT2D eigenvalue weighted by Gasteiger charge is 2.16. The summed E-state index contributed by atoms with van der Waals surface area (Å²) in [6.07, 6.45) is -0.874. The summed E-state index contributed by atoms with van der Waals surface area (Å²) >= 11 is 0. The van der Waals surface area contributed by atoms with Crippen LogP contribution in [0.3, 0.4) is 0 Å². The lowest BCUT2D eigenvalue weighted by Gasteiger charge is -2.14. The topological polar surface area (TPSA) is 0 Å². The first kappa shape index (κ1) is 9.86. The molecule has 0 saturated heterocycles. The molecule has 2 unspecified atom stereocenters. The minimum atomic E-state index is -0.875. The maximum Gasteiger partial charge on any atom is 0.102 e. The van der Waals surface area contributed by atoms with Gasteiger partial charge >= 0.3 is 0 Å². The molecular weight excluding hydrogens is 134 g/mol. The predicted molar refractivity (Wildman–Crippen MR) is 39.5 cm³/mol. The molecular formula is C8H16F2. The van der Waals surface area contributed by atoms with Gasteiger partial charge < -0.3 is 0 Å². The molecule has 10 heavy (non-hydrogen) atoms. The molecule has 0 aliphatic carbocycles. The van der Waals surface area contributed by atoms with Crippen LogP contribution in [0, 0.1) is 5.92 Å². The van der Waals surface area contributed by atoms with E-state index in [1.807, 2.05) is 0 Å². The van der Waals surface area contributed by atoms with E-state index in [1.54, 1.807) is 13.8 Å². The zero-order valence-corrected chi connectivity index (χ0v) is 6.90. The molecule has 0 heterocycles. The lowest BCUT2D eigenvalue weighted by atomic mass is 9.98. The Bertz CT molecular complexity index is 81.3. The SMILES string of the molecule is CCC(F)C(C)C[C@@H](C)F. The van der Waals surface area contributed by atoms with E-state index in [9.17, 15) is 8.78 Å². The van der Waals surface area contributed by atoms with Crippen molar-refractivity contribution in [3.05, 3.63) is 0 Å². The van der Waals surface area contributed by atoms with Gasteiger partial charge in [-0.15, -0.1) is 0 Å². The quantitative estimate of drug-likeness (QED) is 0.577. The van der Waals surface area contributed by atoms with Crippen molar-refractivity contribution in [2.75, 3.05) is 0 Å². The third kappa shape index (κ3) is 3.80. The van der Waals surface area contributed by atoms with E-state index in [0.717, 1.165) is 0 Å². The zero-order chi connectivity index (χ0) is 8.15. The monoisotopic (exact) mass is 150 g/mol. The van der Waals surface area contributed by atoms with E-state index < -0.39 is 12.3 Å². The van der Waals surface area contributed by atoms with E-state index in [0.29, 0.717) is 12.8 Å². The molecule has 0 saturated carbocycles. The van der Waals surface area contributed by atoms with E-state index in [-0.39, 0.29) is 5.92 Å². The molecule has 0 aromatic heterocycles. The van der Waals surface area contributed by atoms with Crippen LogP contribution in [0.5, 0.6) is 0 Å². The highest BCUT2D eigenvalue weighted by Crippen LogP contribution is 2.17. The fourth-order valence-electron chi connectivity index (χ4n) is 1.06. The molecule has 0 spiro atoms. The van der Waals surface area contributed by atoms with Gasteiger partial charge in [-0.1, -0.05) is 13.8 Å². The van der Waals surface area contributed by atoms with Crippen molar-refractivity contribution < 1.29 is 8.78 Å². The number of hydrogen-bond donors (Lipinski definition) is 0. The molecule has 0 aromatic rings. The molecule has 0 nitrogen and oxygen atoms in total. The second kappa shape index (κ2) is 4.64. The summed E-state index contributed by atoms with van der Waals surface area (Å²) in [6, 6.07) is 0. The first-order valence-electron chi connectivity index (χ1n) is 3.86. The second-order valence-electron chi connectivity index (χ2n) is 2.92. The molecule has 2 heteroatoms. The van der Waals surface area contributed by atoms with Gasteiger partial charge in [0.15, 0.2) is 0 Å². The van der Waals surface area contributed by atoms with E-state index in [1.165, 1.54) is 6.92 Å². The molecule has 0 aromatic carbocycles. The van der Waals surface area contributed by atoms with Crippen LogP contribution in [0.1, 0.15) is 33.6 Å². The first-order valence-corrected chi connectivity index (χ1v) is 3.86. The maximum absolute atomic E-state index is 12.7. The zero-order valence-electron chi connectivity index (χ0n) is 6.90. The van der Waals surface area contributed by atoms with Crippen LogP contribution in [-0.2, 0) is 0 Å². The number of halogens is 2. The predicted octanol–water partition coefficient (Wildman–Crippen LogP) is 3.12. The molecule has 0 amide bonds. The third-order valence-electron chi connectivity index (χ3n) is 1.70. The average molecular weight is 150 g/mol. The Labute approximate surface area is 61.6 Å². The largest absolute Gasteiger partial charge is 0.248 e. The van der Waals surface area contributed by atoms with Crippen molar-refractivity contribution in [3.63, 3.8) is 0 Å². The summed E-state index contributed by atoms with van der Waals surface area (Å²) in [7, 11) is 0. The van der Waals surface area contributed by atoms with Gasteiger partial charge in [-0.25, -0.2) is 8.78 Å². The molecule has 0 fully saturated rings. The van der Waals surface area contributed by atoms with E-state index in [4.69, 9.17) is 0 Å². The Morgan fingerprint density at radius 1 is 1.20 bits per heavy atom. The lowest BCUT2D eigenvalue weighted by Crippen LogP contribution is -2.14. The summed E-state index contributed by atoms with van der Waals surface area (Å²) in [4.78, 5) is 0. The van der Waals surface area contributed by atoms with Gasteiger partial charge in [0, 0.05) is 0 Å². The fourth-order valence-corrected chi connectivity index (χ4v) is 1.06. The smallest absolute Gasteiger partial charge is 0.102 e. The summed E-state index contributed by atoms with van der Waals surface area (Å²) in [5.41, 5.74) is 0. The Morgan fingerprint density at radius 2 is 1.70 bits per heavy atom. The van der Waals surface area contributed by atoms with Crippen LogP contribution >= 0.6 is 0 Å². The van der Waals surface area contributed by atoms with Crippen LogP contribution in [0.25, 0.3) is 0 Å². The summed E-state index contributed by atoms with van der Waals surface area (Å²) in [6.45, 7) is 5.01. The van der Waals surface area contributed by atoms with Gasteiger partial charge in [-0.05, 0) is 25.7 Å². The van der Waals surface area contributed by atoms with Crippen molar-refractivity contribution in [2.24, 2.45) is 5.92 Å². The Morgan fingerprint density at radius 3 is 2.00 bits per heavy atom. The standard InChI is InChI=1S/C8H16F2/c1-4-8(10)6(2)5-7(3)9/h6-8H,4-5H2,1-3H3/t6?,7-,8?/m1/s1.